The zero-order chi connectivity index (χ0) is 27.2. The Balaban J connectivity index is 0.000000479. The van der Waals surface area contributed by atoms with Crippen molar-refractivity contribution < 1.29 is 37.0 Å². The summed E-state index contributed by atoms with van der Waals surface area (Å²) in [6.45, 7) is 2.89. The fourth-order valence-electron chi connectivity index (χ4n) is 4.08. The van der Waals surface area contributed by atoms with E-state index in [1.54, 1.807) is 6.07 Å². The van der Waals surface area contributed by atoms with Crippen LogP contribution in [0.4, 0.5) is 17.6 Å². The Morgan fingerprint density at radius 3 is 2.41 bits per heavy atom. The van der Waals surface area contributed by atoms with Gasteiger partial charge in [-0.05, 0) is 43.2 Å². The number of hydrogen-bond acceptors (Lipinski definition) is 5. The third-order valence-corrected chi connectivity index (χ3v) is 5.92. The number of ether oxygens (including phenoxy) is 1. The highest BCUT2D eigenvalue weighted by Crippen LogP contribution is 2.24. The number of fused-ring (bicyclic) bond motifs is 1. The quantitative estimate of drug-likeness (QED) is 0.425. The number of hydrogen-bond donors (Lipinski definition) is 3. The number of H-pyrrole nitrogens is 1. The normalized spacial score (nSPS) is 14.6. The van der Waals surface area contributed by atoms with E-state index >= 15 is 0 Å². The van der Waals surface area contributed by atoms with Crippen LogP contribution in [0.5, 0.6) is 5.75 Å². The third kappa shape index (κ3) is 7.09. The number of alkyl halides is 3. The lowest BCUT2D eigenvalue weighted by Gasteiger charge is -2.32. The Hall–Kier alpha value is -3.87. The van der Waals surface area contributed by atoms with Gasteiger partial charge in [-0.15, -0.1) is 0 Å². The van der Waals surface area contributed by atoms with Gasteiger partial charge >= 0.3 is 17.8 Å². The van der Waals surface area contributed by atoms with Crippen LogP contribution in [0.25, 0.3) is 11.0 Å². The molecule has 1 amide bonds. The molecule has 4 rings (SSSR count). The van der Waals surface area contributed by atoms with E-state index in [2.05, 4.69) is 15.2 Å². The van der Waals surface area contributed by atoms with Crippen LogP contribution in [0.3, 0.4) is 0 Å². The van der Waals surface area contributed by atoms with Gasteiger partial charge in [0.2, 0.25) is 0 Å². The molecule has 1 aliphatic heterocycles. The van der Waals surface area contributed by atoms with Crippen LogP contribution in [0.2, 0.25) is 0 Å². The molecule has 13 heteroatoms. The number of rotatable bonds is 6. The van der Waals surface area contributed by atoms with Crippen molar-refractivity contribution in [2.24, 2.45) is 0 Å². The van der Waals surface area contributed by atoms with Gasteiger partial charge in [0.25, 0.3) is 5.91 Å². The van der Waals surface area contributed by atoms with Gasteiger partial charge in [0.05, 0.1) is 18.1 Å². The number of likely N-dealkylation sites (tertiary alicyclic amines) is 1. The summed E-state index contributed by atoms with van der Waals surface area (Å²) in [6, 6.07) is 12.1. The summed E-state index contributed by atoms with van der Waals surface area (Å²) < 4.78 is 52.2. The van der Waals surface area contributed by atoms with Gasteiger partial charge in [-0.25, -0.2) is 14.0 Å². The smallest absolute Gasteiger partial charge is 0.490 e. The van der Waals surface area contributed by atoms with Crippen LogP contribution < -0.4 is 15.7 Å². The third-order valence-electron chi connectivity index (χ3n) is 5.92. The molecule has 1 saturated heterocycles. The van der Waals surface area contributed by atoms with Gasteiger partial charge in [-0.1, -0.05) is 12.1 Å². The number of methoxy groups -OCH3 is 1. The van der Waals surface area contributed by atoms with Gasteiger partial charge in [-0.3, -0.25) is 9.36 Å². The number of amides is 1. The Morgan fingerprint density at radius 1 is 1.16 bits per heavy atom. The molecule has 200 valence electrons. The highest BCUT2D eigenvalue weighted by molar-refractivity contribution is 5.94. The molecule has 0 saturated carbocycles. The second-order valence-corrected chi connectivity index (χ2v) is 8.30. The van der Waals surface area contributed by atoms with Gasteiger partial charge in [0, 0.05) is 37.8 Å². The van der Waals surface area contributed by atoms with Crippen LogP contribution in [0.15, 0.2) is 47.3 Å². The van der Waals surface area contributed by atoms with Crippen molar-refractivity contribution in [1.82, 2.24) is 19.8 Å². The van der Waals surface area contributed by atoms with Crippen molar-refractivity contribution in [3.05, 3.63) is 64.3 Å². The highest BCUT2D eigenvalue weighted by Gasteiger charge is 2.38. The highest BCUT2D eigenvalue weighted by atomic mass is 19.4. The zero-order valence-electron chi connectivity index (χ0n) is 19.8. The maximum atomic E-state index is 13.8. The Bertz CT molecular complexity index is 1300. The molecule has 2 aromatic carbocycles. The fraction of sp³-hybridized carbons (Fsp3) is 0.375. The minimum atomic E-state index is -5.08. The van der Waals surface area contributed by atoms with Crippen LogP contribution in [0, 0.1) is 5.82 Å². The minimum Gasteiger partial charge on any atom is -0.494 e. The molecule has 3 N–H and O–H groups in total. The average molecular weight is 526 g/mol. The predicted octanol–water partition coefficient (Wildman–Crippen LogP) is 3.18. The number of nitrogens with zero attached hydrogens (tertiary/aromatic N) is 2. The lowest BCUT2D eigenvalue weighted by atomic mass is 10.0. The largest absolute Gasteiger partial charge is 0.494 e. The lowest BCUT2D eigenvalue weighted by Crippen LogP contribution is -2.41. The molecule has 0 unspecified atom stereocenters. The van der Waals surface area contributed by atoms with Crippen molar-refractivity contribution in [2.75, 3.05) is 33.3 Å². The van der Waals surface area contributed by atoms with E-state index in [0.29, 0.717) is 13.1 Å². The summed E-state index contributed by atoms with van der Waals surface area (Å²) in [7, 11) is 1.39. The second kappa shape index (κ2) is 11.9. The zero-order valence-corrected chi connectivity index (χ0v) is 19.8. The van der Waals surface area contributed by atoms with Crippen LogP contribution in [-0.2, 0) is 4.79 Å². The van der Waals surface area contributed by atoms with E-state index in [0.717, 1.165) is 37.0 Å². The Morgan fingerprint density at radius 2 is 1.81 bits per heavy atom. The monoisotopic (exact) mass is 526 g/mol. The molecule has 1 fully saturated rings. The molecule has 37 heavy (non-hydrogen) atoms. The number of aliphatic carboxylic acids is 1. The van der Waals surface area contributed by atoms with Crippen LogP contribution in [-0.4, -0.2) is 70.9 Å². The number of benzene rings is 2. The van der Waals surface area contributed by atoms with E-state index in [9.17, 15) is 27.2 Å². The van der Waals surface area contributed by atoms with Crippen molar-refractivity contribution in [3.63, 3.8) is 0 Å². The van der Waals surface area contributed by atoms with Crippen molar-refractivity contribution in [2.45, 2.75) is 25.1 Å². The number of nitrogens with one attached hydrogen (secondary N) is 2. The first-order chi connectivity index (χ1) is 17.5. The molecule has 9 nitrogen and oxygen atoms in total. The number of carboxylic acids is 1. The summed E-state index contributed by atoms with van der Waals surface area (Å²) in [5.74, 6) is -3.51. The molecule has 1 aliphatic rings. The van der Waals surface area contributed by atoms with Gasteiger partial charge in [0.1, 0.15) is 0 Å². The molecule has 3 aromatic rings. The molecular weight excluding hydrogens is 500 g/mol. The van der Waals surface area contributed by atoms with Gasteiger partial charge in [-0.2, -0.15) is 13.2 Å². The number of carboxylic acid groups (broad SMARTS) is 1. The maximum Gasteiger partial charge on any atom is 0.490 e. The first kappa shape index (κ1) is 27.7. The van der Waals surface area contributed by atoms with Gasteiger partial charge < -0.3 is 25.0 Å². The van der Waals surface area contributed by atoms with E-state index in [-0.39, 0.29) is 29.0 Å². The predicted molar refractivity (Wildman–Crippen MR) is 126 cm³/mol. The number of aromatic amines is 1. The van der Waals surface area contributed by atoms with Crippen molar-refractivity contribution >= 4 is 22.9 Å². The molecule has 1 aromatic heterocycles. The minimum absolute atomic E-state index is 0.0614. The summed E-state index contributed by atoms with van der Waals surface area (Å²) in [5, 5.41) is 9.96. The van der Waals surface area contributed by atoms with E-state index in [1.165, 1.54) is 19.2 Å². The number of imidazole rings is 1. The number of halogens is 4. The van der Waals surface area contributed by atoms with E-state index in [1.807, 2.05) is 28.8 Å². The number of carbonyl (C=O) groups is 2. The van der Waals surface area contributed by atoms with Crippen LogP contribution >= 0.6 is 0 Å². The summed E-state index contributed by atoms with van der Waals surface area (Å²) >= 11 is 0. The van der Waals surface area contributed by atoms with Crippen molar-refractivity contribution in [3.8, 4) is 5.75 Å². The summed E-state index contributed by atoms with van der Waals surface area (Å²) in [6.07, 6.45) is -3.33. The standard InChI is InChI=1S/C22H25FN4O3.C2HF3O2/c1-30-20-7-6-15(14-17(20)23)21(28)24-10-13-26-11-8-16(9-12-26)27-19-5-3-2-4-18(19)25-22(27)29;3-2(4,5)1(6)7/h2-7,14,16H,8-13H2,1H3,(H,24,28)(H,25,29);(H,6,7). The molecule has 0 atom stereocenters. The van der Waals surface area contributed by atoms with Gasteiger partial charge in [0.15, 0.2) is 11.6 Å². The van der Waals surface area contributed by atoms with E-state index in [4.69, 9.17) is 14.6 Å². The summed E-state index contributed by atoms with van der Waals surface area (Å²) in [5.41, 5.74) is 2.02. The summed E-state index contributed by atoms with van der Waals surface area (Å²) in [4.78, 5) is 38.7. The molecule has 0 bridgehead atoms. The lowest BCUT2D eigenvalue weighted by molar-refractivity contribution is -0.192. The Labute approximate surface area is 208 Å². The average Bonchev–Trinajstić information content (AvgIpc) is 3.19. The molecule has 0 spiro atoms. The fourth-order valence-corrected chi connectivity index (χ4v) is 4.08. The van der Waals surface area contributed by atoms with E-state index < -0.39 is 18.0 Å². The first-order valence-electron chi connectivity index (χ1n) is 11.3. The number of piperidine rings is 1. The number of para-hydroxylation sites is 2. The SMILES string of the molecule is COc1ccc(C(=O)NCCN2CCC(n3c(=O)[nH]c4ccccc43)CC2)cc1F.O=C(O)C(F)(F)F. The maximum absolute atomic E-state index is 13.8. The molecular formula is C24H26F4N4O5. The first-order valence-corrected chi connectivity index (χ1v) is 11.3. The molecule has 2 heterocycles. The number of carbonyl (C=O) groups excluding carboxylic acids is 1. The Kier molecular flexibility index (Phi) is 8.92. The molecule has 0 aliphatic carbocycles. The second-order valence-electron chi connectivity index (χ2n) is 8.30. The number of aromatic nitrogens is 2. The van der Waals surface area contributed by atoms with Crippen LogP contribution in [0.1, 0.15) is 29.2 Å². The molecule has 0 radical (unpaired) electrons. The topological polar surface area (TPSA) is 117 Å². The van der Waals surface area contributed by atoms with Crippen molar-refractivity contribution in [1.29, 1.82) is 0 Å².